The van der Waals surface area contributed by atoms with Crippen LogP contribution < -0.4 is 25.8 Å². The Morgan fingerprint density at radius 3 is 2.38 bits per heavy atom. The van der Waals surface area contributed by atoms with E-state index in [4.69, 9.17) is 19.6 Å². The molecule has 0 unspecified atom stereocenters. The number of hydrogen-bond donors (Lipinski definition) is 3. The molecule has 5 rings (SSSR count). The van der Waals surface area contributed by atoms with E-state index in [-0.39, 0.29) is 31.4 Å². The van der Waals surface area contributed by atoms with E-state index in [0.717, 1.165) is 5.56 Å². The van der Waals surface area contributed by atoms with E-state index in [1.165, 1.54) is 0 Å². The van der Waals surface area contributed by atoms with Crippen molar-refractivity contribution in [3.63, 3.8) is 0 Å². The molecule has 0 aliphatic carbocycles. The number of aromatic nitrogens is 1. The Hall–Kier alpha value is -5.31. The van der Waals surface area contributed by atoms with Crippen LogP contribution in [0.25, 0.3) is 11.0 Å². The fourth-order valence-corrected chi connectivity index (χ4v) is 3.87. The van der Waals surface area contributed by atoms with Crippen LogP contribution in [-0.2, 0) is 6.61 Å². The predicted molar refractivity (Wildman–Crippen MR) is 148 cm³/mol. The Morgan fingerprint density at radius 1 is 0.846 bits per heavy atom. The second-order valence-corrected chi connectivity index (χ2v) is 8.57. The Labute approximate surface area is 224 Å². The summed E-state index contributed by atoms with van der Waals surface area (Å²) in [7, 11) is 0. The van der Waals surface area contributed by atoms with E-state index in [0.29, 0.717) is 39.4 Å². The van der Waals surface area contributed by atoms with Gasteiger partial charge in [-0.15, -0.1) is 0 Å². The van der Waals surface area contributed by atoms with Crippen LogP contribution in [0, 0.1) is 0 Å². The molecule has 0 aliphatic rings. The van der Waals surface area contributed by atoms with Gasteiger partial charge in [-0.05, 0) is 66.2 Å². The number of furan rings is 1. The van der Waals surface area contributed by atoms with Crippen molar-refractivity contribution in [1.29, 1.82) is 0 Å². The lowest BCUT2D eigenvalue weighted by Crippen LogP contribution is -2.28. The first kappa shape index (κ1) is 25.3. The van der Waals surface area contributed by atoms with Crippen molar-refractivity contribution in [3.05, 3.63) is 114 Å². The minimum Gasteiger partial charge on any atom is -0.492 e. The summed E-state index contributed by atoms with van der Waals surface area (Å²) < 4.78 is 17.5. The number of nitrogen functional groups attached to an aromatic ring is 1. The quantitative estimate of drug-likeness (QED) is 0.173. The largest absolute Gasteiger partial charge is 0.492 e. The summed E-state index contributed by atoms with van der Waals surface area (Å²) in [4.78, 5) is 29.4. The van der Waals surface area contributed by atoms with Crippen molar-refractivity contribution in [1.82, 2.24) is 10.3 Å². The molecule has 2 heterocycles. The molecule has 196 valence electrons. The van der Waals surface area contributed by atoms with E-state index in [9.17, 15) is 9.59 Å². The number of pyridine rings is 1. The highest BCUT2D eigenvalue weighted by molar-refractivity contribution is 6.05. The van der Waals surface area contributed by atoms with Gasteiger partial charge < -0.3 is 30.3 Å². The summed E-state index contributed by atoms with van der Waals surface area (Å²) in [6.07, 6.45) is 3.37. The number of nitrogens with one attached hydrogen (secondary N) is 2. The van der Waals surface area contributed by atoms with Gasteiger partial charge in [0.25, 0.3) is 11.8 Å². The number of ether oxygens (including phenoxy) is 2. The molecule has 4 N–H and O–H groups in total. The fraction of sp³-hybridized carbons (Fsp3) is 0.100. The number of nitrogens with zero attached hydrogens (tertiary/aromatic N) is 1. The molecule has 0 radical (unpaired) electrons. The van der Waals surface area contributed by atoms with Gasteiger partial charge in [-0.1, -0.05) is 24.3 Å². The number of para-hydroxylation sites is 3. The number of anilines is 2. The maximum Gasteiger partial charge on any atom is 0.291 e. The minimum absolute atomic E-state index is 0.0969. The lowest BCUT2D eigenvalue weighted by atomic mass is 10.2. The van der Waals surface area contributed by atoms with Crippen molar-refractivity contribution in [2.75, 3.05) is 24.2 Å². The normalized spacial score (nSPS) is 10.7. The number of benzene rings is 3. The third kappa shape index (κ3) is 6.16. The minimum atomic E-state index is -0.410. The second-order valence-electron chi connectivity index (χ2n) is 8.57. The van der Waals surface area contributed by atoms with Crippen molar-refractivity contribution in [2.24, 2.45) is 0 Å². The van der Waals surface area contributed by atoms with Gasteiger partial charge in [0.2, 0.25) is 5.76 Å². The van der Waals surface area contributed by atoms with E-state index in [1.54, 1.807) is 67.0 Å². The van der Waals surface area contributed by atoms with Gasteiger partial charge in [0.05, 0.1) is 23.3 Å². The van der Waals surface area contributed by atoms with Gasteiger partial charge in [-0.2, -0.15) is 0 Å². The van der Waals surface area contributed by atoms with Gasteiger partial charge in [0.1, 0.15) is 24.5 Å². The highest BCUT2D eigenvalue weighted by Crippen LogP contribution is 2.33. The van der Waals surface area contributed by atoms with Crippen LogP contribution in [0.4, 0.5) is 11.4 Å². The third-order valence-electron chi connectivity index (χ3n) is 5.87. The summed E-state index contributed by atoms with van der Waals surface area (Å²) in [6.45, 7) is 0.711. The summed E-state index contributed by atoms with van der Waals surface area (Å²) in [5.41, 5.74) is 8.86. The molecule has 3 aromatic carbocycles. The highest BCUT2D eigenvalue weighted by atomic mass is 16.5. The van der Waals surface area contributed by atoms with Crippen LogP contribution in [0.2, 0.25) is 0 Å². The molecule has 0 aliphatic heterocycles. The Morgan fingerprint density at radius 2 is 1.59 bits per heavy atom. The number of carbonyl (C=O) groups excluding carboxylic acids is 2. The molecule has 0 fully saturated rings. The predicted octanol–water partition coefficient (Wildman–Crippen LogP) is 5.05. The standard InChI is InChI=1S/C30H26N4O5/c31-24-6-2-3-7-25(24)34-29(35)21-9-11-22(12-10-21)37-18-17-33-30(36)28-27(23-5-1-4-8-26(23)39-28)38-19-20-13-15-32-16-14-20/h1-16H,17-19,31H2,(H,33,36)(H,34,35). The SMILES string of the molecule is Nc1ccccc1NC(=O)c1ccc(OCCNC(=O)c2oc3ccccc3c2OCc2ccncc2)cc1. The van der Waals surface area contributed by atoms with Gasteiger partial charge in [-0.3, -0.25) is 14.6 Å². The maximum atomic E-state index is 12.9. The zero-order valence-electron chi connectivity index (χ0n) is 20.9. The van der Waals surface area contributed by atoms with Crippen LogP contribution in [0.5, 0.6) is 11.5 Å². The average Bonchev–Trinajstić information content (AvgIpc) is 3.35. The molecule has 0 spiro atoms. The summed E-state index contributed by atoms with van der Waals surface area (Å²) in [6, 6.07) is 24.8. The molecule has 2 amide bonds. The molecule has 0 bridgehead atoms. The van der Waals surface area contributed by atoms with Crippen LogP contribution in [-0.4, -0.2) is 29.9 Å². The van der Waals surface area contributed by atoms with Crippen LogP contribution in [0.15, 0.2) is 102 Å². The summed E-state index contributed by atoms with van der Waals surface area (Å²) in [5.74, 6) is 0.350. The summed E-state index contributed by atoms with van der Waals surface area (Å²) in [5, 5.41) is 6.31. The molecule has 0 saturated carbocycles. The van der Waals surface area contributed by atoms with E-state index in [2.05, 4.69) is 15.6 Å². The Bertz CT molecular complexity index is 1580. The molecule has 5 aromatic rings. The fourth-order valence-electron chi connectivity index (χ4n) is 3.87. The summed E-state index contributed by atoms with van der Waals surface area (Å²) >= 11 is 0. The molecule has 2 aromatic heterocycles. The molecular formula is C30H26N4O5. The number of carbonyl (C=O) groups is 2. The van der Waals surface area contributed by atoms with Crippen LogP contribution in [0.3, 0.4) is 0 Å². The number of amides is 2. The van der Waals surface area contributed by atoms with Gasteiger partial charge in [0, 0.05) is 18.0 Å². The molecule has 0 saturated heterocycles. The van der Waals surface area contributed by atoms with E-state index in [1.807, 2.05) is 30.3 Å². The first-order valence-corrected chi connectivity index (χ1v) is 12.3. The monoisotopic (exact) mass is 522 g/mol. The zero-order valence-corrected chi connectivity index (χ0v) is 20.9. The van der Waals surface area contributed by atoms with Gasteiger partial charge in [0.15, 0.2) is 5.75 Å². The van der Waals surface area contributed by atoms with Gasteiger partial charge in [-0.25, -0.2) is 0 Å². The first-order valence-electron chi connectivity index (χ1n) is 12.3. The topological polar surface area (TPSA) is 129 Å². The van der Waals surface area contributed by atoms with E-state index >= 15 is 0 Å². The first-order chi connectivity index (χ1) is 19.1. The lowest BCUT2D eigenvalue weighted by molar-refractivity contribution is 0.0914. The molecule has 9 nitrogen and oxygen atoms in total. The molecule has 39 heavy (non-hydrogen) atoms. The van der Waals surface area contributed by atoms with Crippen LogP contribution in [0.1, 0.15) is 26.5 Å². The van der Waals surface area contributed by atoms with Crippen LogP contribution >= 0.6 is 0 Å². The zero-order chi connectivity index (χ0) is 27.0. The molecule has 0 atom stereocenters. The molecular weight excluding hydrogens is 496 g/mol. The lowest BCUT2D eigenvalue weighted by Gasteiger charge is -2.10. The highest BCUT2D eigenvalue weighted by Gasteiger charge is 2.22. The molecule has 9 heteroatoms. The third-order valence-corrected chi connectivity index (χ3v) is 5.87. The van der Waals surface area contributed by atoms with Crippen molar-refractivity contribution in [3.8, 4) is 11.5 Å². The maximum absolute atomic E-state index is 12.9. The second kappa shape index (κ2) is 11.8. The number of fused-ring (bicyclic) bond motifs is 1. The Balaban J connectivity index is 1.15. The smallest absolute Gasteiger partial charge is 0.291 e. The number of rotatable bonds is 10. The Kier molecular flexibility index (Phi) is 7.68. The van der Waals surface area contributed by atoms with Crippen molar-refractivity contribution in [2.45, 2.75) is 6.61 Å². The van der Waals surface area contributed by atoms with Gasteiger partial charge >= 0.3 is 0 Å². The van der Waals surface area contributed by atoms with E-state index < -0.39 is 5.91 Å². The average molecular weight is 523 g/mol. The van der Waals surface area contributed by atoms with Crippen molar-refractivity contribution < 1.29 is 23.5 Å². The number of hydrogen-bond acceptors (Lipinski definition) is 7. The van der Waals surface area contributed by atoms with Crippen molar-refractivity contribution >= 4 is 34.2 Å². The number of nitrogens with two attached hydrogens (primary N) is 1.